The van der Waals surface area contributed by atoms with Crippen LogP contribution in [0.2, 0.25) is 0 Å². The fourth-order valence-electron chi connectivity index (χ4n) is 1.52. The quantitative estimate of drug-likeness (QED) is 0.612. The number of aromatic hydroxyl groups is 1. The summed E-state index contributed by atoms with van der Waals surface area (Å²) in [4.78, 5) is 0. The van der Waals surface area contributed by atoms with E-state index in [1.165, 1.54) is 7.11 Å². The average molecular weight is 273 g/mol. The van der Waals surface area contributed by atoms with E-state index in [0.717, 1.165) is 0 Å². The summed E-state index contributed by atoms with van der Waals surface area (Å²) >= 11 is 0. The minimum absolute atomic E-state index is 0.0141. The Morgan fingerprint density at radius 3 is 2.56 bits per heavy atom. The molecule has 1 aromatic rings. The number of methoxy groups -OCH3 is 1. The molecule has 6 heteroatoms. The van der Waals surface area contributed by atoms with Gasteiger partial charge >= 0.3 is 0 Å². The highest BCUT2D eigenvalue weighted by molar-refractivity contribution is 7.92. The van der Waals surface area contributed by atoms with Crippen molar-refractivity contribution in [1.82, 2.24) is 0 Å². The maximum atomic E-state index is 11.8. The topological polar surface area (TPSA) is 75.6 Å². The van der Waals surface area contributed by atoms with E-state index < -0.39 is 10.0 Å². The standard InChI is InChI=1S/C12H19NO4S/c1-9-8-12(14)10(2)7-11(9)13-18(15,16)6-4-5-17-3/h7-8,13-14H,4-6H2,1-3H3. The van der Waals surface area contributed by atoms with Crippen molar-refractivity contribution in [3.8, 4) is 5.75 Å². The van der Waals surface area contributed by atoms with Crippen LogP contribution in [0.4, 0.5) is 5.69 Å². The van der Waals surface area contributed by atoms with Gasteiger partial charge in [-0.2, -0.15) is 0 Å². The number of nitrogens with one attached hydrogen (secondary N) is 1. The first kappa shape index (κ1) is 14.8. The third-order valence-electron chi connectivity index (χ3n) is 2.57. The van der Waals surface area contributed by atoms with E-state index in [0.29, 0.717) is 29.8 Å². The molecule has 0 atom stereocenters. The first-order valence-electron chi connectivity index (χ1n) is 5.65. The van der Waals surface area contributed by atoms with E-state index in [2.05, 4.69) is 4.72 Å². The summed E-state index contributed by atoms with van der Waals surface area (Å²) in [5, 5.41) is 9.50. The molecule has 0 aliphatic heterocycles. The number of anilines is 1. The first-order chi connectivity index (χ1) is 8.35. The molecule has 0 saturated carbocycles. The molecule has 2 N–H and O–H groups in total. The monoisotopic (exact) mass is 273 g/mol. The molecule has 0 saturated heterocycles. The Kier molecular flexibility index (Phi) is 4.98. The van der Waals surface area contributed by atoms with Gasteiger partial charge in [-0.3, -0.25) is 4.72 Å². The molecule has 0 aliphatic rings. The lowest BCUT2D eigenvalue weighted by molar-refractivity contribution is 0.199. The molecule has 0 amide bonds. The molecule has 1 rings (SSSR count). The number of sulfonamides is 1. The van der Waals surface area contributed by atoms with Gasteiger partial charge in [0.1, 0.15) is 5.75 Å². The minimum atomic E-state index is -3.37. The molecule has 1 aromatic carbocycles. The van der Waals surface area contributed by atoms with Gasteiger partial charge in [0.2, 0.25) is 10.0 Å². The second-order valence-electron chi connectivity index (χ2n) is 4.22. The maximum absolute atomic E-state index is 11.8. The predicted molar refractivity (Wildman–Crippen MR) is 71.5 cm³/mol. The zero-order chi connectivity index (χ0) is 13.8. The molecule has 0 heterocycles. The van der Waals surface area contributed by atoms with Crippen molar-refractivity contribution in [3.63, 3.8) is 0 Å². The molecular weight excluding hydrogens is 254 g/mol. The van der Waals surface area contributed by atoms with Gasteiger partial charge in [-0.05, 0) is 43.5 Å². The van der Waals surface area contributed by atoms with Crippen molar-refractivity contribution < 1.29 is 18.3 Å². The summed E-state index contributed by atoms with van der Waals surface area (Å²) in [6.45, 7) is 3.87. The smallest absolute Gasteiger partial charge is 0.232 e. The number of rotatable bonds is 6. The SMILES string of the molecule is COCCCS(=O)(=O)Nc1cc(C)c(O)cc1C. The van der Waals surface area contributed by atoms with Crippen LogP contribution >= 0.6 is 0 Å². The second-order valence-corrected chi connectivity index (χ2v) is 6.06. The van der Waals surface area contributed by atoms with E-state index in [4.69, 9.17) is 4.74 Å². The van der Waals surface area contributed by atoms with Crippen LogP contribution in [0.25, 0.3) is 0 Å². The Hall–Kier alpha value is -1.27. The van der Waals surface area contributed by atoms with E-state index in [1.807, 2.05) is 0 Å². The third kappa shape index (κ3) is 4.19. The molecule has 0 radical (unpaired) electrons. The van der Waals surface area contributed by atoms with Crippen LogP contribution in [0.5, 0.6) is 5.75 Å². The molecule has 0 aliphatic carbocycles. The van der Waals surface area contributed by atoms with Crippen molar-refractivity contribution in [3.05, 3.63) is 23.3 Å². The Morgan fingerprint density at radius 2 is 1.94 bits per heavy atom. The number of ether oxygens (including phenoxy) is 1. The van der Waals surface area contributed by atoms with Crippen LogP contribution in [-0.4, -0.2) is 33.0 Å². The Morgan fingerprint density at radius 1 is 1.28 bits per heavy atom. The highest BCUT2D eigenvalue weighted by atomic mass is 32.2. The average Bonchev–Trinajstić information content (AvgIpc) is 2.26. The fourth-order valence-corrected chi connectivity index (χ4v) is 2.68. The molecule has 18 heavy (non-hydrogen) atoms. The van der Waals surface area contributed by atoms with E-state index in [-0.39, 0.29) is 11.5 Å². The van der Waals surface area contributed by atoms with Crippen molar-refractivity contribution in [2.45, 2.75) is 20.3 Å². The normalized spacial score (nSPS) is 11.5. The number of benzene rings is 1. The van der Waals surface area contributed by atoms with Crippen LogP contribution in [-0.2, 0) is 14.8 Å². The second kappa shape index (κ2) is 6.06. The van der Waals surface area contributed by atoms with Gasteiger partial charge < -0.3 is 9.84 Å². The van der Waals surface area contributed by atoms with Crippen LogP contribution in [0, 0.1) is 13.8 Å². The molecular formula is C12H19NO4S. The van der Waals surface area contributed by atoms with Gasteiger partial charge in [0.25, 0.3) is 0 Å². The summed E-state index contributed by atoms with van der Waals surface area (Å²) in [6.07, 6.45) is 0.446. The molecule has 0 aromatic heterocycles. The van der Waals surface area contributed by atoms with Crippen LogP contribution < -0.4 is 4.72 Å². The third-order valence-corrected chi connectivity index (χ3v) is 3.93. The molecule has 0 unspecified atom stereocenters. The summed E-state index contributed by atoms with van der Waals surface area (Å²) in [5.74, 6) is 0.176. The van der Waals surface area contributed by atoms with Gasteiger partial charge in [-0.15, -0.1) is 0 Å². The Labute approximate surface area is 108 Å². The molecule has 0 spiro atoms. The summed E-state index contributed by atoms with van der Waals surface area (Å²) < 4.78 is 30.9. The fraction of sp³-hybridized carbons (Fsp3) is 0.500. The van der Waals surface area contributed by atoms with Crippen molar-refractivity contribution in [2.75, 3.05) is 24.2 Å². The number of hydrogen-bond acceptors (Lipinski definition) is 4. The molecule has 5 nitrogen and oxygen atoms in total. The zero-order valence-corrected chi connectivity index (χ0v) is 11.7. The number of hydrogen-bond donors (Lipinski definition) is 2. The van der Waals surface area contributed by atoms with E-state index in [1.54, 1.807) is 26.0 Å². The van der Waals surface area contributed by atoms with E-state index in [9.17, 15) is 13.5 Å². The van der Waals surface area contributed by atoms with Crippen LogP contribution in [0.1, 0.15) is 17.5 Å². The first-order valence-corrected chi connectivity index (χ1v) is 7.30. The van der Waals surface area contributed by atoms with Crippen molar-refractivity contribution in [2.24, 2.45) is 0 Å². The van der Waals surface area contributed by atoms with Gasteiger partial charge in [-0.1, -0.05) is 0 Å². The lowest BCUT2D eigenvalue weighted by Gasteiger charge is -2.12. The lowest BCUT2D eigenvalue weighted by atomic mass is 10.1. The zero-order valence-electron chi connectivity index (χ0n) is 10.9. The number of aryl methyl sites for hydroxylation is 2. The van der Waals surface area contributed by atoms with Crippen LogP contribution in [0.3, 0.4) is 0 Å². The molecule has 0 fully saturated rings. The highest BCUT2D eigenvalue weighted by Gasteiger charge is 2.12. The Bertz CT molecular complexity index is 511. The molecule has 0 bridgehead atoms. The maximum Gasteiger partial charge on any atom is 0.232 e. The minimum Gasteiger partial charge on any atom is -0.508 e. The number of phenols is 1. The van der Waals surface area contributed by atoms with Gasteiger partial charge in [0.15, 0.2) is 0 Å². The molecule has 102 valence electrons. The summed E-state index contributed by atoms with van der Waals surface area (Å²) in [5.41, 5.74) is 1.83. The predicted octanol–water partition coefficient (Wildman–Crippen LogP) is 1.79. The van der Waals surface area contributed by atoms with E-state index >= 15 is 0 Å². The summed E-state index contributed by atoms with van der Waals surface area (Å²) in [6, 6.07) is 3.17. The van der Waals surface area contributed by atoms with Gasteiger partial charge in [-0.25, -0.2) is 8.42 Å². The van der Waals surface area contributed by atoms with Crippen molar-refractivity contribution >= 4 is 15.7 Å². The number of phenolic OH excluding ortho intramolecular Hbond substituents is 1. The highest BCUT2D eigenvalue weighted by Crippen LogP contribution is 2.25. The van der Waals surface area contributed by atoms with Gasteiger partial charge in [0.05, 0.1) is 11.4 Å². The van der Waals surface area contributed by atoms with Gasteiger partial charge in [0, 0.05) is 13.7 Å². The summed E-state index contributed by atoms with van der Waals surface area (Å²) in [7, 11) is -1.84. The Balaban J connectivity index is 2.81. The largest absolute Gasteiger partial charge is 0.508 e. The van der Waals surface area contributed by atoms with Crippen LogP contribution in [0.15, 0.2) is 12.1 Å². The van der Waals surface area contributed by atoms with Crippen molar-refractivity contribution in [1.29, 1.82) is 0 Å². The lowest BCUT2D eigenvalue weighted by Crippen LogP contribution is -2.18.